The number of benzene rings is 11. The molecule has 0 radical (unpaired) electrons. The minimum absolute atomic E-state index is 0.0529. The number of para-hydroxylation sites is 4. The molecule has 0 saturated heterocycles. The minimum atomic E-state index is -4.71. The van der Waals surface area contributed by atoms with Crippen LogP contribution in [-0.2, 0) is 104 Å². The van der Waals surface area contributed by atoms with Crippen molar-refractivity contribution in [1.29, 1.82) is 21.0 Å². The van der Waals surface area contributed by atoms with Crippen molar-refractivity contribution in [2.45, 2.75) is 124 Å². The average Bonchev–Trinajstić information content (AvgIpc) is 1.82. The van der Waals surface area contributed by atoms with Crippen LogP contribution in [0.2, 0.25) is 0 Å². The molecule has 9 aromatic heterocycles. The Morgan fingerprint density at radius 2 is 0.697 bits per heavy atom. The molecule has 1 atom stereocenters. The van der Waals surface area contributed by atoms with Crippen molar-refractivity contribution in [3.8, 4) is 24.3 Å². The van der Waals surface area contributed by atoms with E-state index in [2.05, 4.69) is 270 Å². The third kappa shape index (κ3) is 28.0. The van der Waals surface area contributed by atoms with Gasteiger partial charge in [0.15, 0.2) is 0 Å². The van der Waals surface area contributed by atoms with Crippen LogP contribution < -0.4 is 0 Å². The van der Waals surface area contributed by atoms with Gasteiger partial charge in [-0.15, -0.1) is 52.1 Å². The molecule has 0 N–H and O–H groups in total. The molecule has 0 aliphatic carbocycles. The predicted molar refractivity (Wildman–Crippen MR) is 558 cm³/mol. The zero-order valence-corrected chi connectivity index (χ0v) is 83.0. The largest absolute Gasteiger partial charge is 0.416 e. The first kappa shape index (κ1) is 100. The maximum Gasteiger partial charge on any atom is 0.416 e. The first-order valence-corrected chi connectivity index (χ1v) is 49.4. The summed E-state index contributed by atoms with van der Waals surface area (Å²) < 4.78 is 65.2. The number of fused-ring (bicyclic) bond motifs is 4. The topological polar surface area (TPSA) is 283 Å². The zero-order valence-electron chi connectivity index (χ0n) is 79.0. The molecule has 720 valence electrons. The Morgan fingerprint density at radius 1 is 0.352 bits per heavy atom. The van der Waals surface area contributed by atoms with E-state index in [1.54, 1.807) is 58.2 Å². The van der Waals surface area contributed by atoms with E-state index in [1.807, 2.05) is 164 Å². The first-order valence-electron chi connectivity index (χ1n) is 46.9. The smallest absolute Gasteiger partial charge is 0.312 e. The highest BCUT2D eigenvalue weighted by atomic mass is 79.9. The molecule has 20 aromatic rings. The Labute approximate surface area is 857 Å². The number of hydrogen-bond donors (Lipinski definition) is 0. The molecule has 20 rings (SSSR count). The van der Waals surface area contributed by atoms with Gasteiger partial charge in [-0.2, -0.15) is 34.2 Å². The van der Waals surface area contributed by atoms with Gasteiger partial charge in [0, 0.05) is 87.2 Å². The number of rotatable bonds is 34. The summed E-state index contributed by atoms with van der Waals surface area (Å²) in [5.41, 5.74) is 15.7. The van der Waals surface area contributed by atoms with Crippen LogP contribution in [0.3, 0.4) is 0 Å². The van der Waals surface area contributed by atoms with Gasteiger partial charge in [0.2, 0.25) is 0 Å². The number of alkyl halides is 3. The summed E-state index contributed by atoms with van der Waals surface area (Å²) in [5.74, 6) is 2.27. The molecule has 1 unspecified atom stereocenters. The third-order valence-corrected chi connectivity index (χ3v) is 26.5. The fourth-order valence-electron chi connectivity index (χ4n) is 17.1. The van der Waals surface area contributed by atoms with Gasteiger partial charge >= 0.3 is 6.18 Å². The van der Waals surface area contributed by atoms with Gasteiger partial charge < -0.3 is 18.3 Å². The van der Waals surface area contributed by atoms with Gasteiger partial charge in [0.25, 0.3) is 0 Å². The molecule has 145 heavy (non-hydrogen) atoms. The van der Waals surface area contributed by atoms with Gasteiger partial charge in [-0.25, -0.2) is 4.39 Å². The molecular formula is C114H96Br2F4N24S. The highest BCUT2D eigenvalue weighted by molar-refractivity contribution is 9.10. The highest BCUT2D eigenvalue weighted by Gasteiger charge is 2.35. The fraction of sp³-hybridized carbons (Fsp3) is 0.175. The SMILES string of the molecule is CCC(c1ccc(Br)cc1)N(Cc1ccc2ccccc2n1)Cc1nncn1Cc1ccc(C#N)cc1.N#Cc1ccc(Cn2cnnc2CN(CCc2cccs2)Cc2ccc3ccccc3n2)cc1.N#Cc1ccc(Cn2cnnc2CN(Cc2ccc(Br)cc2)Cc2ccc3ccccc3n2)cc1.N#Cc1ccc(Cn2cnnc2CN(Cc2ccc3ccccc3n2)Cc2ccc(F)cc2C(F)(F)F)cc1. The normalized spacial score (nSPS) is 11.5. The van der Waals surface area contributed by atoms with Crippen molar-refractivity contribution in [3.05, 3.63) is 485 Å². The number of hydrogen-bond acceptors (Lipinski definition) is 21. The van der Waals surface area contributed by atoms with Gasteiger partial charge in [0.05, 0.1) is 149 Å². The predicted octanol–water partition coefficient (Wildman–Crippen LogP) is 23.5. The Morgan fingerprint density at radius 3 is 1.06 bits per heavy atom. The van der Waals surface area contributed by atoms with Crippen molar-refractivity contribution in [3.63, 3.8) is 0 Å². The Balaban J connectivity index is 0.000000133. The second-order valence-electron chi connectivity index (χ2n) is 34.9. The lowest BCUT2D eigenvalue weighted by Gasteiger charge is -2.31. The molecular weight excluding hydrogens is 1970 g/mol. The quantitative estimate of drug-likeness (QED) is 0.0339. The number of thiophene rings is 1. The van der Waals surface area contributed by atoms with Crippen molar-refractivity contribution in [2.24, 2.45) is 0 Å². The van der Waals surface area contributed by atoms with Crippen molar-refractivity contribution in [1.82, 2.24) is 98.6 Å². The number of nitriles is 4. The minimum Gasteiger partial charge on any atom is -0.312 e. The molecule has 31 heteroatoms. The van der Waals surface area contributed by atoms with Gasteiger partial charge in [0.1, 0.15) is 54.4 Å². The summed E-state index contributed by atoms with van der Waals surface area (Å²) in [6.45, 7) is 10.6. The molecule has 0 saturated carbocycles. The van der Waals surface area contributed by atoms with Crippen molar-refractivity contribution in [2.75, 3.05) is 6.54 Å². The van der Waals surface area contributed by atoms with Crippen LogP contribution in [0.5, 0.6) is 0 Å². The second kappa shape index (κ2) is 49.0. The van der Waals surface area contributed by atoms with Crippen LogP contribution in [0.1, 0.15) is 137 Å². The van der Waals surface area contributed by atoms with Gasteiger partial charge in [-0.05, 0) is 197 Å². The Hall–Kier alpha value is -16.2. The van der Waals surface area contributed by atoms with E-state index in [9.17, 15) is 17.6 Å². The number of pyridine rings is 4. The van der Waals surface area contributed by atoms with Crippen LogP contribution in [0.25, 0.3) is 43.6 Å². The maximum atomic E-state index is 13.8. The van der Waals surface area contributed by atoms with E-state index in [-0.39, 0.29) is 31.2 Å². The van der Waals surface area contributed by atoms with Crippen molar-refractivity contribution < 1.29 is 17.6 Å². The monoisotopic (exact) mass is 2070 g/mol. The lowest BCUT2D eigenvalue weighted by Crippen LogP contribution is -2.29. The van der Waals surface area contributed by atoms with Gasteiger partial charge in [-0.3, -0.25) is 39.5 Å². The third-order valence-electron chi connectivity index (χ3n) is 24.5. The van der Waals surface area contributed by atoms with Crippen molar-refractivity contribution >= 4 is 86.8 Å². The van der Waals surface area contributed by atoms with E-state index in [1.165, 1.54) is 22.1 Å². The van der Waals surface area contributed by atoms with Crippen LogP contribution in [0.4, 0.5) is 17.6 Å². The Kier molecular flexibility index (Phi) is 33.9. The van der Waals surface area contributed by atoms with E-state index in [0.717, 1.165) is 148 Å². The average molecular weight is 2070 g/mol. The van der Waals surface area contributed by atoms with Crippen LogP contribution in [0.15, 0.2) is 361 Å². The number of nitrogens with zero attached hydrogens (tertiary/aromatic N) is 24. The number of aromatic nitrogens is 16. The van der Waals surface area contributed by atoms with E-state index >= 15 is 0 Å². The van der Waals surface area contributed by atoms with E-state index < -0.39 is 17.6 Å². The molecule has 0 fully saturated rings. The Bertz CT molecular complexity index is 7890. The van der Waals surface area contributed by atoms with Crippen LogP contribution >= 0.6 is 43.2 Å². The molecule has 24 nitrogen and oxygen atoms in total. The maximum absolute atomic E-state index is 13.8. The summed E-state index contributed by atoms with van der Waals surface area (Å²) in [6.07, 6.45) is 4.09. The summed E-state index contributed by atoms with van der Waals surface area (Å²) in [6, 6.07) is 111. The lowest BCUT2D eigenvalue weighted by molar-refractivity contribution is -0.138. The molecule has 0 spiro atoms. The molecule has 0 aliphatic rings. The standard InChI is InChI=1S/C30H27BrN6.C29H22F4N6.C28H23BrN6.C27H24N6S/c1-2-29(25-11-14-26(31)15-12-25)36(19-27-16-13-24-5-3-4-6-28(24)34-27)20-30-35-33-21-37(30)18-23-9-7-22(17-32)8-10-23;30-24-11-9-23(26(13-24)29(31,32)33)16-38(17-25-12-10-22-3-1-2-4-27(22)36-25)18-28-37-35-19-39(28)15-21-7-5-20(14-34)6-8-21;29-25-12-9-22(10-13-25)16-34(18-26-14-11-24-3-1-2-4-27(24)32-26)19-28-33-31-20-35(28)17-23-7-5-21(15-30)6-8-23;28-16-21-7-9-22(10-8-21)17-33-20-29-31-27(33)19-32(14-13-25-5-3-15-34-25)18-24-12-11-23-4-1-2-6-26(23)30-24/h3-16,21,29H,2,18-20H2,1H3;1-13,19H,15-18H2;1-14,20H,16-19H2;1-12,15,20H,13-14,17-19H2. The fourth-order valence-corrected chi connectivity index (χ4v) is 18.3. The molecule has 11 aromatic carbocycles. The molecule has 0 aliphatic heterocycles. The zero-order chi connectivity index (χ0) is 100. The summed E-state index contributed by atoms with van der Waals surface area (Å²) in [7, 11) is 0. The summed E-state index contributed by atoms with van der Waals surface area (Å²) >= 11 is 8.88. The molecule has 0 amide bonds. The number of halogens is 6. The first-order chi connectivity index (χ1) is 70.8. The van der Waals surface area contributed by atoms with Gasteiger partial charge in [-0.1, -0.05) is 221 Å². The second-order valence-corrected chi connectivity index (χ2v) is 37.7. The highest BCUT2D eigenvalue weighted by Crippen LogP contribution is 2.36. The van der Waals surface area contributed by atoms with Crippen LogP contribution in [0, 0.1) is 51.1 Å². The molecule has 0 bridgehead atoms. The van der Waals surface area contributed by atoms with Crippen LogP contribution in [-0.4, -0.2) is 105 Å². The molecule has 9 heterocycles. The lowest BCUT2D eigenvalue weighted by atomic mass is 10.0. The van der Waals surface area contributed by atoms with E-state index in [0.29, 0.717) is 98.7 Å². The van der Waals surface area contributed by atoms with E-state index in [4.69, 9.17) is 36.0 Å². The summed E-state index contributed by atoms with van der Waals surface area (Å²) in [4.78, 5) is 29.7. The summed E-state index contributed by atoms with van der Waals surface area (Å²) in [5, 5.41) is 76.9.